The lowest BCUT2D eigenvalue weighted by Gasteiger charge is -2.30. The van der Waals surface area contributed by atoms with Crippen molar-refractivity contribution in [2.45, 2.75) is 31.7 Å². The molecule has 2 N–H and O–H groups in total. The fraction of sp³-hybridized carbons (Fsp3) is 0.435. The SMILES string of the molecule is CN=C(NCC(C)(C)c1ccc(OC)c(OC)c1)NC1CCOc2ccccc21. The fourth-order valence-electron chi connectivity index (χ4n) is 3.52. The second-order valence-electron chi connectivity index (χ2n) is 7.75. The largest absolute Gasteiger partial charge is 0.493 e. The first kappa shape index (κ1) is 20.8. The molecule has 6 heteroatoms. The van der Waals surface area contributed by atoms with E-state index in [1.165, 1.54) is 5.56 Å². The van der Waals surface area contributed by atoms with E-state index in [1.807, 2.05) is 30.3 Å². The molecule has 0 amide bonds. The van der Waals surface area contributed by atoms with Gasteiger partial charge in [-0.1, -0.05) is 38.1 Å². The van der Waals surface area contributed by atoms with Crippen molar-refractivity contribution in [1.82, 2.24) is 10.6 Å². The normalized spacial score (nSPS) is 16.4. The fourth-order valence-corrected chi connectivity index (χ4v) is 3.52. The van der Waals surface area contributed by atoms with Gasteiger partial charge in [-0.3, -0.25) is 4.99 Å². The topological polar surface area (TPSA) is 64.1 Å². The van der Waals surface area contributed by atoms with Crippen LogP contribution in [0.1, 0.15) is 37.4 Å². The summed E-state index contributed by atoms with van der Waals surface area (Å²) < 4.78 is 16.6. The highest BCUT2D eigenvalue weighted by atomic mass is 16.5. The van der Waals surface area contributed by atoms with Gasteiger partial charge in [0.05, 0.1) is 26.9 Å². The molecule has 156 valence electrons. The second kappa shape index (κ2) is 9.07. The van der Waals surface area contributed by atoms with Crippen LogP contribution in [0, 0.1) is 0 Å². The minimum absolute atomic E-state index is 0.134. The number of guanidine groups is 1. The van der Waals surface area contributed by atoms with E-state index in [9.17, 15) is 0 Å². The number of methoxy groups -OCH3 is 2. The van der Waals surface area contributed by atoms with Crippen LogP contribution in [-0.4, -0.2) is 40.4 Å². The quantitative estimate of drug-likeness (QED) is 0.575. The third-order valence-corrected chi connectivity index (χ3v) is 5.36. The predicted octanol–water partition coefficient (Wildman–Crippen LogP) is 3.67. The van der Waals surface area contributed by atoms with Gasteiger partial charge in [0.2, 0.25) is 0 Å². The van der Waals surface area contributed by atoms with Gasteiger partial charge in [-0.2, -0.15) is 0 Å². The van der Waals surface area contributed by atoms with Gasteiger partial charge in [-0.05, 0) is 23.8 Å². The molecule has 0 aromatic heterocycles. The van der Waals surface area contributed by atoms with Gasteiger partial charge in [0.1, 0.15) is 5.75 Å². The number of benzene rings is 2. The molecule has 0 radical (unpaired) electrons. The summed E-state index contributed by atoms with van der Waals surface area (Å²) in [6.45, 7) is 5.80. The number of nitrogens with zero attached hydrogens (tertiary/aromatic N) is 1. The van der Waals surface area contributed by atoms with Gasteiger partial charge in [0.25, 0.3) is 0 Å². The minimum Gasteiger partial charge on any atom is -0.493 e. The van der Waals surface area contributed by atoms with Crippen molar-refractivity contribution in [2.24, 2.45) is 4.99 Å². The van der Waals surface area contributed by atoms with Crippen LogP contribution in [0.4, 0.5) is 0 Å². The lowest BCUT2D eigenvalue weighted by atomic mass is 9.84. The van der Waals surface area contributed by atoms with Crippen molar-refractivity contribution < 1.29 is 14.2 Å². The lowest BCUT2D eigenvalue weighted by molar-refractivity contribution is 0.261. The van der Waals surface area contributed by atoms with E-state index in [4.69, 9.17) is 14.2 Å². The van der Waals surface area contributed by atoms with Crippen LogP contribution in [0.15, 0.2) is 47.5 Å². The predicted molar refractivity (Wildman–Crippen MR) is 116 cm³/mol. The number of aliphatic imine (C=N–C) groups is 1. The average molecular weight is 398 g/mol. The first-order chi connectivity index (χ1) is 14.0. The first-order valence-corrected chi connectivity index (χ1v) is 9.90. The van der Waals surface area contributed by atoms with E-state index in [0.717, 1.165) is 35.2 Å². The number of nitrogens with one attached hydrogen (secondary N) is 2. The van der Waals surface area contributed by atoms with Crippen molar-refractivity contribution in [3.05, 3.63) is 53.6 Å². The van der Waals surface area contributed by atoms with Crippen LogP contribution >= 0.6 is 0 Å². The third kappa shape index (κ3) is 4.75. The molecule has 1 heterocycles. The third-order valence-electron chi connectivity index (χ3n) is 5.36. The molecule has 1 aliphatic rings. The smallest absolute Gasteiger partial charge is 0.191 e. The molecule has 2 aromatic carbocycles. The van der Waals surface area contributed by atoms with E-state index >= 15 is 0 Å². The summed E-state index contributed by atoms with van der Waals surface area (Å²) in [6, 6.07) is 14.4. The molecule has 0 saturated carbocycles. The molecule has 2 aromatic rings. The zero-order chi connectivity index (χ0) is 20.9. The molecule has 0 saturated heterocycles. The van der Waals surface area contributed by atoms with Gasteiger partial charge in [0, 0.05) is 31.0 Å². The van der Waals surface area contributed by atoms with Crippen LogP contribution < -0.4 is 24.8 Å². The Bertz CT molecular complexity index is 864. The number of fused-ring (bicyclic) bond motifs is 1. The van der Waals surface area contributed by atoms with Crippen LogP contribution in [0.2, 0.25) is 0 Å². The number of para-hydroxylation sites is 1. The summed E-state index contributed by atoms with van der Waals surface area (Å²) in [5.41, 5.74) is 2.19. The first-order valence-electron chi connectivity index (χ1n) is 9.90. The van der Waals surface area contributed by atoms with Gasteiger partial charge in [0.15, 0.2) is 17.5 Å². The maximum Gasteiger partial charge on any atom is 0.191 e. The molecule has 29 heavy (non-hydrogen) atoms. The maximum atomic E-state index is 5.76. The van der Waals surface area contributed by atoms with E-state index in [0.29, 0.717) is 13.2 Å². The zero-order valence-corrected chi connectivity index (χ0v) is 17.9. The molecule has 0 bridgehead atoms. The summed E-state index contributed by atoms with van der Waals surface area (Å²) in [5, 5.41) is 7.02. The minimum atomic E-state index is -0.134. The summed E-state index contributed by atoms with van der Waals surface area (Å²) >= 11 is 0. The van der Waals surface area contributed by atoms with E-state index in [-0.39, 0.29) is 11.5 Å². The van der Waals surface area contributed by atoms with Crippen molar-refractivity contribution in [3.63, 3.8) is 0 Å². The highest BCUT2D eigenvalue weighted by Gasteiger charge is 2.25. The van der Waals surface area contributed by atoms with Crippen molar-refractivity contribution in [3.8, 4) is 17.2 Å². The van der Waals surface area contributed by atoms with Gasteiger partial charge < -0.3 is 24.8 Å². The van der Waals surface area contributed by atoms with Crippen LogP contribution in [0.3, 0.4) is 0 Å². The van der Waals surface area contributed by atoms with Crippen LogP contribution in [0.5, 0.6) is 17.2 Å². The molecule has 6 nitrogen and oxygen atoms in total. The molecule has 3 rings (SSSR count). The Morgan fingerprint density at radius 3 is 2.62 bits per heavy atom. The number of hydrogen-bond acceptors (Lipinski definition) is 4. The molecule has 0 spiro atoms. The summed E-state index contributed by atoms with van der Waals surface area (Å²) in [6.07, 6.45) is 0.900. The number of hydrogen-bond donors (Lipinski definition) is 2. The van der Waals surface area contributed by atoms with E-state index in [1.54, 1.807) is 21.3 Å². The Hall–Kier alpha value is -2.89. The highest BCUT2D eigenvalue weighted by Crippen LogP contribution is 2.33. The highest BCUT2D eigenvalue weighted by molar-refractivity contribution is 5.80. The molecule has 0 fully saturated rings. The maximum absolute atomic E-state index is 5.76. The summed E-state index contributed by atoms with van der Waals surface area (Å²) in [7, 11) is 5.10. The zero-order valence-electron chi connectivity index (χ0n) is 17.9. The average Bonchev–Trinajstić information content (AvgIpc) is 2.76. The van der Waals surface area contributed by atoms with Crippen molar-refractivity contribution in [2.75, 3.05) is 34.4 Å². The van der Waals surface area contributed by atoms with Crippen molar-refractivity contribution >= 4 is 5.96 Å². The Labute approximate surface area is 173 Å². The Kier molecular flexibility index (Phi) is 6.52. The molecule has 1 unspecified atom stereocenters. The van der Waals surface area contributed by atoms with Gasteiger partial charge in [-0.15, -0.1) is 0 Å². The van der Waals surface area contributed by atoms with Crippen LogP contribution in [-0.2, 0) is 5.41 Å². The van der Waals surface area contributed by atoms with E-state index in [2.05, 4.69) is 41.6 Å². The number of rotatable bonds is 6. The van der Waals surface area contributed by atoms with Gasteiger partial charge >= 0.3 is 0 Å². The second-order valence-corrected chi connectivity index (χ2v) is 7.75. The monoisotopic (exact) mass is 397 g/mol. The van der Waals surface area contributed by atoms with Crippen LogP contribution in [0.25, 0.3) is 0 Å². The molecule has 1 atom stereocenters. The molecular weight excluding hydrogens is 366 g/mol. The Balaban J connectivity index is 1.68. The standard InChI is InChI=1S/C23H31N3O3/c1-23(2,16-10-11-20(27-4)21(14-16)28-5)15-25-22(24-3)26-18-12-13-29-19-9-7-6-8-17(18)19/h6-11,14,18H,12-13,15H2,1-5H3,(H2,24,25,26). The number of ether oxygens (including phenoxy) is 3. The summed E-state index contributed by atoms with van der Waals surface area (Å²) in [4.78, 5) is 4.42. The molecule has 0 aliphatic carbocycles. The van der Waals surface area contributed by atoms with E-state index < -0.39 is 0 Å². The lowest BCUT2D eigenvalue weighted by Crippen LogP contribution is -2.45. The van der Waals surface area contributed by atoms with Gasteiger partial charge in [-0.25, -0.2) is 0 Å². The molecular formula is C23H31N3O3. The van der Waals surface area contributed by atoms with Crippen molar-refractivity contribution in [1.29, 1.82) is 0 Å². The summed E-state index contributed by atoms with van der Waals surface area (Å²) in [5.74, 6) is 3.19. The Morgan fingerprint density at radius 1 is 1.14 bits per heavy atom. The Morgan fingerprint density at radius 2 is 1.90 bits per heavy atom. The molecule has 1 aliphatic heterocycles.